The minimum absolute atomic E-state index is 0.00957. The van der Waals surface area contributed by atoms with Gasteiger partial charge in [-0.05, 0) is 70.8 Å². The number of hydrogen-bond donors (Lipinski definition) is 2. The van der Waals surface area contributed by atoms with E-state index in [2.05, 4.69) is 5.32 Å². The maximum absolute atomic E-state index is 13.3. The Morgan fingerprint density at radius 2 is 1.55 bits per heavy atom. The minimum atomic E-state index is -4.33. The summed E-state index contributed by atoms with van der Waals surface area (Å²) in [7, 11) is 0. The molecule has 3 rings (SSSR count). The number of Topliss-reactive ketones (excluding diaryl/α,β-unsaturated/α-hetero) is 1. The van der Waals surface area contributed by atoms with Gasteiger partial charge in [0.05, 0.1) is 28.0 Å². The Balaban J connectivity index is 1.78. The quantitative estimate of drug-likeness (QED) is 0.131. The van der Waals surface area contributed by atoms with Gasteiger partial charge >= 0.3 is 12.4 Å². The Morgan fingerprint density at radius 1 is 1.00 bits per heavy atom. The monoisotopic (exact) mass is 581 g/mol. The fraction of sp³-hybridized carbons (Fsp3) is 0.741. The number of ketones is 1. The van der Waals surface area contributed by atoms with Crippen molar-refractivity contribution in [2.75, 3.05) is 29.9 Å². The first-order valence-electron chi connectivity index (χ1n) is 13.7. The number of nitro groups is 1. The molecule has 1 saturated heterocycles. The van der Waals surface area contributed by atoms with Crippen LogP contribution in [0.3, 0.4) is 0 Å². The number of rotatable bonds is 10. The third-order valence-corrected chi connectivity index (χ3v) is 7.95. The van der Waals surface area contributed by atoms with Crippen molar-refractivity contribution in [1.82, 2.24) is 0 Å². The van der Waals surface area contributed by atoms with Gasteiger partial charge in [0.15, 0.2) is 5.78 Å². The van der Waals surface area contributed by atoms with E-state index < -0.39 is 46.2 Å². The highest BCUT2D eigenvalue weighted by Crippen LogP contribution is 2.42. The Kier molecular flexibility index (Phi) is 10.0. The molecule has 1 saturated carbocycles. The van der Waals surface area contributed by atoms with Gasteiger partial charge in [-0.15, -0.1) is 0 Å². The predicted molar refractivity (Wildman–Crippen MR) is 139 cm³/mol. The van der Waals surface area contributed by atoms with Gasteiger partial charge in [-0.2, -0.15) is 26.3 Å². The number of benzene rings is 1. The van der Waals surface area contributed by atoms with Gasteiger partial charge < -0.3 is 15.3 Å². The second kappa shape index (κ2) is 12.5. The van der Waals surface area contributed by atoms with E-state index in [1.807, 2.05) is 0 Å². The first-order valence-corrected chi connectivity index (χ1v) is 13.7. The van der Waals surface area contributed by atoms with Crippen LogP contribution in [0.2, 0.25) is 0 Å². The normalized spacial score (nSPS) is 21.4. The summed E-state index contributed by atoms with van der Waals surface area (Å²) in [6.45, 7) is 2.98. The SMILES string of the molecule is CC(C)(O)CNc1cc(N2CCC(C(F)(F)F)CC2)c(C(=O)CCCC2CCC(C(F)(F)F)CC2)cc1[N+](=O)[O-]. The summed E-state index contributed by atoms with van der Waals surface area (Å²) in [4.78, 5) is 26.1. The molecule has 1 aliphatic carbocycles. The van der Waals surface area contributed by atoms with Crippen LogP contribution in [0.25, 0.3) is 0 Å². The van der Waals surface area contributed by atoms with Crippen LogP contribution in [-0.2, 0) is 0 Å². The lowest BCUT2D eigenvalue weighted by atomic mass is 9.79. The molecule has 0 amide bonds. The Morgan fingerprint density at radius 3 is 2.05 bits per heavy atom. The molecule has 40 heavy (non-hydrogen) atoms. The molecule has 7 nitrogen and oxygen atoms in total. The topological polar surface area (TPSA) is 95.7 Å². The minimum Gasteiger partial charge on any atom is -0.389 e. The van der Waals surface area contributed by atoms with E-state index in [0.29, 0.717) is 31.4 Å². The Hall–Kier alpha value is -2.57. The van der Waals surface area contributed by atoms with Crippen LogP contribution in [0, 0.1) is 27.9 Å². The zero-order chi connectivity index (χ0) is 29.9. The molecule has 0 spiro atoms. The summed E-state index contributed by atoms with van der Waals surface area (Å²) in [5.74, 6) is -3.11. The van der Waals surface area contributed by atoms with E-state index in [0.717, 1.165) is 6.07 Å². The molecule has 2 aliphatic rings. The van der Waals surface area contributed by atoms with Gasteiger partial charge in [0.2, 0.25) is 0 Å². The lowest BCUT2D eigenvalue weighted by Crippen LogP contribution is -2.39. The van der Waals surface area contributed by atoms with Gasteiger partial charge in [-0.25, -0.2) is 0 Å². The molecular weight excluding hydrogens is 544 g/mol. The van der Waals surface area contributed by atoms with Crippen molar-refractivity contribution in [1.29, 1.82) is 0 Å². The number of anilines is 2. The largest absolute Gasteiger partial charge is 0.391 e. The van der Waals surface area contributed by atoms with Crippen LogP contribution < -0.4 is 10.2 Å². The molecule has 1 aromatic rings. The van der Waals surface area contributed by atoms with Gasteiger partial charge in [0, 0.05) is 37.7 Å². The molecule has 13 heteroatoms. The number of aliphatic hydroxyl groups is 1. The van der Waals surface area contributed by atoms with E-state index in [9.17, 15) is 46.4 Å². The predicted octanol–water partition coefficient (Wildman–Crippen LogP) is 7.28. The van der Waals surface area contributed by atoms with Crippen molar-refractivity contribution in [2.24, 2.45) is 17.8 Å². The number of nitro benzene ring substituents is 1. The van der Waals surface area contributed by atoms with Crippen LogP contribution in [0.15, 0.2) is 12.1 Å². The molecule has 0 bridgehead atoms. The average Bonchev–Trinajstić information content (AvgIpc) is 2.85. The number of piperidine rings is 1. The fourth-order valence-electron chi connectivity index (χ4n) is 5.58. The summed E-state index contributed by atoms with van der Waals surface area (Å²) in [6.07, 6.45) is -6.97. The second-order valence-electron chi connectivity index (χ2n) is 11.7. The summed E-state index contributed by atoms with van der Waals surface area (Å²) in [5.41, 5.74) is -1.25. The number of nitrogens with one attached hydrogen (secondary N) is 1. The highest BCUT2D eigenvalue weighted by atomic mass is 19.4. The highest BCUT2D eigenvalue weighted by molar-refractivity contribution is 6.03. The molecule has 1 heterocycles. The van der Waals surface area contributed by atoms with Crippen molar-refractivity contribution >= 4 is 22.8 Å². The zero-order valence-electron chi connectivity index (χ0n) is 22.7. The van der Waals surface area contributed by atoms with E-state index in [4.69, 9.17) is 0 Å². The third-order valence-electron chi connectivity index (χ3n) is 7.95. The van der Waals surface area contributed by atoms with E-state index in [1.165, 1.54) is 19.9 Å². The standard InChI is InChI=1S/C27H37F6N3O4/c1-25(2,38)16-34-21-15-22(35-12-10-19(11-13-35)27(31,32)33)20(14-23(21)36(39)40)24(37)5-3-4-17-6-8-18(9-7-17)26(28,29)30/h14-15,17-19,34,38H,3-13,16H2,1-2H3. The van der Waals surface area contributed by atoms with Crippen molar-refractivity contribution in [2.45, 2.75) is 89.6 Å². The number of hydrogen-bond acceptors (Lipinski definition) is 6. The number of nitrogens with zero attached hydrogens (tertiary/aromatic N) is 2. The lowest BCUT2D eigenvalue weighted by Gasteiger charge is -2.35. The first kappa shape index (κ1) is 32.0. The summed E-state index contributed by atoms with van der Waals surface area (Å²) >= 11 is 0. The molecule has 2 N–H and O–H groups in total. The number of carbonyl (C=O) groups is 1. The molecule has 1 aromatic carbocycles. The van der Waals surface area contributed by atoms with E-state index >= 15 is 0 Å². The first-order chi connectivity index (χ1) is 18.5. The highest BCUT2D eigenvalue weighted by Gasteiger charge is 2.42. The van der Waals surface area contributed by atoms with Crippen LogP contribution in [0.4, 0.5) is 43.4 Å². The number of alkyl halides is 6. The summed E-state index contributed by atoms with van der Waals surface area (Å²) < 4.78 is 78.5. The number of carbonyl (C=O) groups excluding carboxylic acids is 1. The van der Waals surface area contributed by atoms with Gasteiger partial charge in [-0.1, -0.05) is 6.42 Å². The Bertz CT molecular complexity index is 1040. The van der Waals surface area contributed by atoms with Crippen LogP contribution in [0.1, 0.15) is 82.0 Å². The van der Waals surface area contributed by atoms with Crippen LogP contribution in [0.5, 0.6) is 0 Å². The summed E-state index contributed by atoms with van der Waals surface area (Å²) in [5, 5.41) is 24.8. The third kappa shape index (κ3) is 8.71. The van der Waals surface area contributed by atoms with Gasteiger partial charge in [0.25, 0.3) is 5.69 Å². The van der Waals surface area contributed by atoms with Crippen molar-refractivity contribution in [3.63, 3.8) is 0 Å². The molecule has 0 atom stereocenters. The lowest BCUT2D eigenvalue weighted by molar-refractivity contribution is -0.384. The molecule has 0 unspecified atom stereocenters. The van der Waals surface area contributed by atoms with Crippen LogP contribution >= 0.6 is 0 Å². The summed E-state index contributed by atoms with van der Waals surface area (Å²) in [6, 6.07) is 2.53. The molecule has 1 aliphatic heterocycles. The van der Waals surface area contributed by atoms with E-state index in [1.54, 1.807) is 4.90 Å². The van der Waals surface area contributed by atoms with Gasteiger partial charge in [0.1, 0.15) is 5.69 Å². The van der Waals surface area contributed by atoms with Crippen molar-refractivity contribution < 1.29 is 41.2 Å². The number of halogens is 6. The zero-order valence-corrected chi connectivity index (χ0v) is 22.7. The molecular formula is C27H37F6N3O4. The maximum Gasteiger partial charge on any atom is 0.391 e. The smallest absolute Gasteiger partial charge is 0.389 e. The van der Waals surface area contributed by atoms with Crippen molar-refractivity contribution in [3.8, 4) is 0 Å². The molecule has 226 valence electrons. The second-order valence-corrected chi connectivity index (χ2v) is 11.7. The maximum atomic E-state index is 13.3. The average molecular weight is 582 g/mol. The molecule has 0 radical (unpaired) electrons. The van der Waals surface area contributed by atoms with E-state index in [-0.39, 0.29) is 68.9 Å². The fourth-order valence-corrected chi connectivity index (χ4v) is 5.58. The van der Waals surface area contributed by atoms with Crippen molar-refractivity contribution in [3.05, 3.63) is 27.8 Å². The van der Waals surface area contributed by atoms with Crippen LogP contribution in [-0.4, -0.2) is 53.4 Å². The Labute approximate surface area is 229 Å². The molecule has 2 fully saturated rings. The van der Waals surface area contributed by atoms with Gasteiger partial charge in [-0.3, -0.25) is 14.9 Å². The molecule has 0 aromatic heterocycles.